The number of methoxy groups -OCH3 is 1. The second kappa shape index (κ2) is 7.24. The first-order valence-electron chi connectivity index (χ1n) is 6.70. The van der Waals surface area contributed by atoms with E-state index in [1.807, 2.05) is 39.8 Å². The molecule has 5 heteroatoms. The quantitative estimate of drug-likeness (QED) is 0.832. The molecule has 1 rings (SSSR count). The molecule has 112 valence electrons. The Morgan fingerprint density at radius 1 is 1.35 bits per heavy atom. The van der Waals surface area contributed by atoms with Gasteiger partial charge < -0.3 is 14.4 Å². The van der Waals surface area contributed by atoms with E-state index in [9.17, 15) is 4.79 Å². The molecule has 0 aliphatic carbocycles. The van der Waals surface area contributed by atoms with Crippen LogP contribution in [0.4, 0.5) is 4.79 Å². The number of ether oxygens (including phenoxy) is 2. The fraction of sp³-hybridized carbons (Fsp3) is 0.600. The summed E-state index contributed by atoms with van der Waals surface area (Å²) in [6.45, 7) is 8.91. The number of carbonyl (C=O) groups excluding carboxylic acids is 1. The number of aromatic nitrogens is 1. The minimum absolute atomic E-state index is 0.338. The van der Waals surface area contributed by atoms with Crippen LogP contribution < -0.4 is 0 Å². The van der Waals surface area contributed by atoms with Gasteiger partial charge in [0.2, 0.25) is 0 Å². The summed E-state index contributed by atoms with van der Waals surface area (Å²) < 4.78 is 10.4. The van der Waals surface area contributed by atoms with Crippen molar-refractivity contribution in [2.75, 3.05) is 20.3 Å². The lowest BCUT2D eigenvalue weighted by Crippen LogP contribution is -2.38. The van der Waals surface area contributed by atoms with Crippen molar-refractivity contribution < 1.29 is 14.3 Å². The standard InChI is InChI=1S/C15H24N2O3/c1-12-6-7-13(10-16-12)11-17(8-9-19-5)14(18)20-15(2,3)4/h6-7,10H,8-9,11H2,1-5H3. The second-order valence-corrected chi connectivity index (χ2v) is 5.70. The normalized spacial score (nSPS) is 11.2. The first-order valence-corrected chi connectivity index (χ1v) is 6.70. The summed E-state index contributed by atoms with van der Waals surface area (Å²) in [6.07, 6.45) is 1.44. The molecule has 0 aliphatic heterocycles. The third kappa shape index (κ3) is 6.02. The number of pyridine rings is 1. The molecule has 0 aliphatic rings. The Labute approximate surface area is 120 Å². The molecule has 0 radical (unpaired) electrons. The molecule has 0 atom stereocenters. The molecule has 0 bridgehead atoms. The summed E-state index contributed by atoms with van der Waals surface area (Å²) in [5.74, 6) is 0. The number of hydrogen-bond donors (Lipinski definition) is 0. The predicted octanol–water partition coefficient (Wildman–Crippen LogP) is 2.77. The largest absolute Gasteiger partial charge is 0.444 e. The van der Waals surface area contributed by atoms with Gasteiger partial charge in [-0.25, -0.2) is 4.79 Å². The highest BCUT2D eigenvalue weighted by Crippen LogP contribution is 2.12. The summed E-state index contributed by atoms with van der Waals surface area (Å²) in [7, 11) is 1.61. The van der Waals surface area contributed by atoms with Gasteiger partial charge in [0.05, 0.1) is 13.2 Å². The van der Waals surface area contributed by atoms with Gasteiger partial charge in [0.25, 0.3) is 0 Å². The molecule has 0 fully saturated rings. The Kier molecular flexibility index (Phi) is 5.95. The molecular formula is C15H24N2O3. The van der Waals surface area contributed by atoms with Crippen molar-refractivity contribution >= 4 is 6.09 Å². The molecule has 1 amide bonds. The SMILES string of the molecule is COCCN(Cc1ccc(C)nc1)C(=O)OC(C)(C)C. The highest BCUT2D eigenvalue weighted by Gasteiger charge is 2.22. The molecule has 0 N–H and O–H groups in total. The molecular weight excluding hydrogens is 256 g/mol. The number of carbonyl (C=O) groups is 1. The first-order chi connectivity index (χ1) is 9.31. The molecule has 20 heavy (non-hydrogen) atoms. The van der Waals surface area contributed by atoms with Crippen LogP contribution in [0.2, 0.25) is 0 Å². The maximum absolute atomic E-state index is 12.2. The van der Waals surface area contributed by atoms with Crippen LogP contribution in [0.15, 0.2) is 18.3 Å². The number of rotatable bonds is 5. The summed E-state index contributed by atoms with van der Waals surface area (Å²) >= 11 is 0. The second-order valence-electron chi connectivity index (χ2n) is 5.70. The van der Waals surface area contributed by atoms with Crippen LogP contribution in [-0.2, 0) is 16.0 Å². The topological polar surface area (TPSA) is 51.7 Å². The van der Waals surface area contributed by atoms with Crippen LogP contribution in [0.25, 0.3) is 0 Å². The van der Waals surface area contributed by atoms with Gasteiger partial charge in [0.15, 0.2) is 0 Å². The van der Waals surface area contributed by atoms with E-state index < -0.39 is 5.60 Å². The zero-order valence-electron chi connectivity index (χ0n) is 13.0. The summed E-state index contributed by atoms with van der Waals surface area (Å²) in [5, 5.41) is 0. The van der Waals surface area contributed by atoms with E-state index in [-0.39, 0.29) is 6.09 Å². The van der Waals surface area contributed by atoms with E-state index in [0.29, 0.717) is 19.7 Å². The van der Waals surface area contributed by atoms with E-state index in [2.05, 4.69) is 4.98 Å². The first kappa shape index (κ1) is 16.4. The highest BCUT2D eigenvalue weighted by molar-refractivity contribution is 5.68. The molecule has 1 aromatic heterocycles. The Balaban J connectivity index is 2.73. The average Bonchev–Trinajstić information content (AvgIpc) is 2.34. The van der Waals surface area contributed by atoms with Gasteiger partial charge in [0, 0.05) is 25.5 Å². The van der Waals surface area contributed by atoms with Crippen LogP contribution >= 0.6 is 0 Å². The van der Waals surface area contributed by atoms with Crippen molar-refractivity contribution in [1.29, 1.82) is 0 Å². The predicted molar refractivity (Wildman–Crippen MR) is 77.5 cm³/mol. The molecule has 5 nitrogen and oxygen atoms in total. The molecule has 0 unspecified atom stereocenters. The van der Waals surface area contributed by atoms with Crippen LogP contribution in [0.5, 0.6) is 0 Å². The van der Waals surface area contributed by atoms with E-state index in [1.54, 1.807) is 18.2 Å². The van der Waals surface area contributed by atoms with Crippen molar-refractivity contribution in [3.8, 4) is 0 Å². The van der Waals surface area contributed by atoms with Gasteiger partial charge in [-0.1, -0.05) is 6.07 Å². The van der Waals surface area contributed by atoms with Crippen molar-refractivity contribution in [1.82, 2.24) is 9.88 Å². The molecule has 0 saturated heterocycles. The molecule has 0 spiro atoms. The van der Waals surface area contributed by atoms with E-state index in [4.69, 9.17) is 9.47 Å². The van der Waals surface area contributed by atoms with Crippen molar-refractivity contribution in [3.63, 3.8) is 0 Å². The molecule has 1 aromatic rings. The zero-order valence-corrected chi connectivity index (χ0v) is 13.0. The molecule has 0 aromatic carbocycles. The minimum Gasteiger partial charge on any atom is -0.444 e. The van der Waals surface area contributed by atoms with Crippen molar-refractivity contribution in [3.05, 3.63) is 29.6 Å². The van der Waals surface area contributed by atoms with Gasteiger partial charge in [-0.3, -0.25) is 4.98 Å². The smallest absolute Gasteiger partial charge is 0.410 e. The third-order valence-corrected chi connectivity index (χ3v) is 2.56. The summed E-state index contributed by atoms with van der Waals surface area (Å²) in [6, 6.07) is 3.89. The van der Waals surface area contributed by atoms with Crippen LogP contribution in [0.3, 0.4) is 0 Å². The van der Waals surface area contributed by atoms with Gasteiger partial charge in [-0.2, -0.15) is 0 Å². The van der Waals surface area contributed by atoms with Crippen LogP contribution in [0, 0.1) is 6.92 Å². The maximum Gasteiger partial charge on any atom is 0.410 e. The zero-order chi connectivity index (χ0) is 15.2. The van der Waals surface area contributed by atoms with E-state index in [0.717, 1.165) is 11.3 Å². The third-order valence-electron chi connectivity index (χ3n) is 2.56. The maximum atomic E-state index is 12.2. The number of nitrogens with zero attached hydrogens (tertiary/aromatic N) is 2. The van der Waals surface area contributed by atoms with Gasteiger partial charge in [-0.15, -0.1) is 0 Å². The van der Waals surface area contributed by atoms with Crippen molar-refractivity contribution in [2.45, 2.75) is 39.8 Å². The van der Waals surface area contributed by atoms with Crippen LogP contribution in [-0.4, -0.2) is 41.8 Å². The number of hydrogen-bond acceptors (Lipinski definition) is 4. The monoisotopic (exact) mass is 280 g/mol. The summed E-state index contributed by atoms with van der Waals surface area (Å²) in [5.41, 5.74) is 1.42. The molecule has 1 heterocycles. The number of aryl methyl sites for hydroxylation is 1. The van der Waals surface area contributed by atoms with E-state index >= 15 is 0 Å². The van der Waals surface area contributed by atoms with Gasteiger partial charge in [0.1, 0.15) is 5.60 Å². The minimum atomic E-state index is -0.506. The number of amides is 1. The average molecular weight is 280 g/mol. The Morgan fingerprint density at radius 2 is 2.05 bits per heavy atom. The Morgan fingerprint density at radius 3 is 2.55 bits per heavy atom. The van der Waals surface area contributed by atoms with Crippen LogP contribution in [0.1, 0.15) is 32.0 Å². The fourth-order valence-corrected chi connectivity index (χ4v) is 1.58. The Hall–Kier alpha value is -1.62. The lowest BCUT2D eigenvalue weighted by atomic mass is 10.2. The summed E-state index contributed by atoms with van der Waals surface area (Å²) in [4.78, 5) is 18.0. The Bertz CT molecular complexity index is 424. The van der Waals surface area contributed by atoms with Crippen molar-refractivity contribution in [2.24, 2.45) is 0 Å². The lowest BCUT2D eigenvalue weighted by molar-refractivity contribution is 0.0184. The highest BCUT2D eigenvalue weighted by atomic mass is 16.6. The van der Waals surface area contributed by atoms with E-state index in [1.165, 1.54) is 0 Å². The van der Waals surface area contributed by atoms with Gasteiger partial charge >= 0.3 is 6.09 Å². The lowest BCUT2D eigenvalue weighted by Gasteiger charge is -2.27. The molecule has 0 saturated carbocycles. The van der Waals surface area contributed by atoms with Gasteiger partial charge in [-0.05, 0) is 39.3 Å². The fourth-order valence-electron chi connectivity index (χ4n) is 1.58.